The monoisotopic (exact) mass is 232 g/mol. The zero-order chi connectivity index (χ0) is 12.1. The van der Waals surface area contributed by atoms with Crippen molar-refractivity contribution in [2.24, 2.45) is 11.7 Å². The highest BCUT2D eigenvalue weighted by atomic mass is 14.9. The maximum atomic E-state index is 5.92. The molecule has 0 spiro atoms. The van der Waals surface area contributed by atoms with E-state index in [1.54, 1.807) is 0 Å². The molecule has 0 radical (unpaired) electrons. The van der Waals surface area contributed by atoms with Crippen molar-refractivity contribution in [1.82, 2.24) is 0 Å². The van der Waals surface area contributed by atoms with Crippen molar-refractivity contribution in [2.75, 3.05) is 11.9 Å². The molecule has 17 heavy (non-hydrogen) atoms. The first kappa shape index (κ1) is 12.4. The highest BCUT2D eigenvalue weighted by molar-refractivity contribution is 5.44. The van der Waals surface area contributed by atoms with Gasteiger partial charge in [0.1, 0.15) is 0 Å². The van der Waals surface area contributed by atoms with E-state index in [2.05, 4.69) is 36.5 Å². The minimum absolute atomic E-state index is 0.454. The molecule has 1 aliphatic carbocycles. The van der Waals surface area contributed by atoms with E-state index < -0.39 is 0 Å². The van der Waals surface area contributed by atoms with E-state index in [4.69, 9.17) is 5.73 Å². The van der Waals surface area contributed by atoms with Crippen LogP contribution in [0.1, 0.15) is 38.2 Å². The molecule has 1 saturated carbocycles. The van der Waals surface area contributed by atoms with Crippen LogP contribution in [0.25, 0.3) is 0 Å². The first-order valence-corrected chi connectivity index (χ1v) is 6.86. The molecule has 2 rings (SSSR count). The summed E-state index contributed by atoms with van der Waals surface area (Å²) in [6.45, 7) is 3.28. The Bertz CT molecular complexity index is 323. The van der Waals surface area contributed by atoms with Crippen LogP contribution in [-0.4, -0.2) is 12.6 Å². The van der Waals surface area contributed by atoms with Gasteiger partial charge in [-0.3, -0.25) is 0 Å². The zero-order valence-electron chi connectivity index (χ0n) is 10.8. The van der Waals surface area contributed by atoms with Crippen LogP contribution < -0.4 is 11.1 Å². The summed E-state index contributed by atoms with van der Waals surface area (Å²) in [5, 5.41) is 3.54. The molecule has 0 unspecified atom stereocenters. The number of rotatable bonds is 4. The molecule has 2 heteroatoms. The van der Waals surface area contributed by atoms with Gasteiger partial charge >= 0.3 is 0 Å². The van der Waals surface area contributed by atoms with Gasteiger partial charge < -0.3 is 11.1 Å². The number of benzene rings is 1. The minimum atomic E-state index is 0.454. The number of hydrogen-bond acceptors (Lipinski definition) is 2. The predicted octanol–water partition coefficient (Wildman–Crippen LogP) is 3.18. The topological polar surface area (TPSA) is 38.0 Å². The van der Waals surface area contributed by atoms with E-state index in [1.807, 2.05) is 0 Å². The van der Waals surface area contributed by atoms with E-state index in [1.165, 1.54) is 36.9 Å². The summed E-state index contributed by atoms with van der Waals surface area (Å²) < 4.78 is 0. The van der Waals surface area contributed by atoms with Crippen molar-refractivity contribution in [1.29, 1.82) is 0 Å². The average molecular weight is 232 g/mol. The fourth-order valence-corrected chi connectivity index (χ4v) is 2.51. The van der Waals surface area contributed by atoms with E-state index in [-0.39, 0.29) is 0 Å². The number of aryl methyl sites for hydroxylation is 1. The van der Waals surface area contributed by atoms with Gasteiger partial charge in [0.05, 0.1) is 0 Å². The molecule has 0 bridgehead atoms. The number of hydrogen-bond donors (Lipinski definition) is 2. The Balaban J connectivity index is 1.77. The van der Waals surface area contributed by atoms with Gasteiger partial charge in [0, 0.05) is 18.3 Å². The van der Waals surface area contributed by atoms with Crippen LogP contribution in [0.2, 0.25) is 0 Å². The molecular weight excluding hydrogens is 208 g/mol. The van der Waals surface area contributed by atoms with Crippen LogP contribution in [-0.2, 0) is 6.42 Å². The van der Waals surface area contributed by atoms with E-state index in [0.29, 0.717) is 6.04 Å². The first-order chi connectivity index (χ1) is 8.28. The van der Waals surface area contributed by atoms with Gasteiger partial charge in [0.15, 0.2) is 0 Å². The third kappa shape index (κ3) is 3.74. The van der Waals surface area contributed by atoms with Gasteiger partial charge in [-0.15, -0.1) is 0 Å². The Kier molecular flexibility index (Phi) is 4.43. The molecular formula is C15H24N2. The normalized spacial score (nSPS) is 24.6. The van der Waals surface area contributed by atoms with Crippen LogP contribution in [0.15, 0.2) is 24.3 Å². The van der Waals surface area contributed by atoms with Crippen LogP contribution in [0.3, 0.4) is 0 Å². The van der Waals surface area contributed by atoms with Crippen LogP contribution in [0.5, 0.6) is 0 Å². The first-order valence-electron chi connectivity index (χ1n) is 6.86. The second-order valence-corrected chi connectivity index (χ2v) is 5.21. The minimum Gasteiger partial charge on any atom is -0.385 e. The lowest BCUT2D eigenvalue weighted by Gasteiger charge is -2.26. The lowest BCUT2D eigenvalue weighted by atomic mass is 9.86. The Morgan fingerprint density at radius 3 is 2.35 bits per heavy atom. The van der Waals surface area contributed by atoms with E-state index >= 15 is 0 Å². The standard InChI is InChI=1S/C15H24N2/c1-2-12-5-9-15(10-6-12)17-11-13-3-7-14(16)8-4-13/h5-6,9-10,13-14,17H,2-4,7-8,11,16H2,1H3. The Hall–Kier alpha value is -1.02. The highest BCUT2D eigenvalue weighted by Crippen LogP contribution is 2.23. The quantitative estimate of drug-likeness (QED) is 0.836. The largest absolute Gasteiger partial charge is 0.385 e. The van der Waals surface area contributed by atoms with E-state index in [0.717, 1.165) is 18.9 Å². The molecule has 0 aromatic heterocycles. The molecule has 0 atom stereocenters. The maximum absolute atomic E-state index is 5.92. The van der Waals surface area contributed by atoms with Crippen molar-refractivity contribution in [3.63, 3.8) is 0 Å². The van der Waals surface area contributed by atoms with Gasteiger partial charge in [-0.1, -0.05) is 19.1 Å². The molecule has 0 saturated heterocycles. The molecule has 3 N–H and O–H groups in total. The third-order valence-corrected chi connectivity index (χ3v) is 3.85. The van der Waals surface area contributed by atoms with Crippen molar-refractivity contribution in [2.45, 2.75) is 45.1 Å². The summed E-state index contributed by atoms with van der Waals surface area (Å²) in [6, 6.07) is 9.24. The van der Waals surface area contributed by atoms with Gasteiger partial charge in [0.25, 0.3) is 0 Å². The van der Waals surface area contributed by atoms with E-state index in [9.17, 15) is 0 Å². The molecule has 0 amide bonds. The van der Waals surface area contributed by atoms with Crippen molar-refractivity contribution >= 4 is 5.69 Å². The van der Waals surface area contributed by atoms with Crippen LogP contribution in [0.4, 0.5) is 5.69 Å². The van der Waals surface area contributed by atoms with Crippen LogP contribution >= 0.6 is 0 Å². The summed E-state index contributed by atoms with van der Waals surface area (Å²) in [4.78, 5) is 0. The molecule has 0 aliphatic heterocycles. The molecule has 1 aromatic rings. The maximum Gasteiger partial charge on any atom is 0.0340 e. The summed E-state index contributed by atoms with van der Waals surface area (Å²) in [7, 11) is 0. The van der Waals surface area contributed by atoms with Gasteiger partial charge in [0.2, 0.25) is 0 Å². The third-order valence-electron chi connectivity index (χ3n) is 3.85. The summed E-state index contributed by atoms with van der Waals surface area (Å²) >= 11 is 0. The Morgan fingerprint density at radius 2 is 1.76 bits per heavy atom. The Labute approximate surface area is 105 Å². The number of nitrogens with one attached hydrogen (secondary N) is 1. The van der Waals surface area contributed by atoms with Crippen molar-refractivity contribution < 1.29 is 0 Å². The molecule has 0 heterocycles. The fourth-order valence-electron chi connectivity index (χ4n) is 2.51. The lowest BCUT2D eigenvalue weighted by Crippen LogP contribution is -2.29. The molecule has 2 nitrogen and oxygen atoms in total. The van der Waals surface area contributed by atoms with Gasteiger partial charge in [-0.2, -0.15) is 0 Å². The molecule has 1 aliphatic rings. The predicted molar refractivity (Wildman–Crippen MR) is 74.2 cm³/mol. The number of nitrogens with two attached hydrogens (primary N) is 1. The second-order valence-electron chi connectivity index (χ2n) is 5.21. The van der Waals surface area contributed by atoms with Crippen molar-refractivity contribution in [3.8, 4) is 0 Å². The van der Waals surface area contributed by atoms with Gasteiger partial charge in [-0.25, -0.2) is 0 Å². The molecule has 1 fully saturated rings. The molecule has 1 aromatic carbocycles. The zero-order valence-corrected chi connectivity index (χ0v) is 10.8. The van der Waals surface area contributed by atoms with Crippen LogP contribution in [0, 0.1) is 5.92 Å². The van der Waals surface area contributed by atoms with Gasteiger partial charge in [-0.05, 0) is 55.7 Å². The summed E-state index contributed by atoms with van der Waals surface area (Å²) in [6.07, 6.45) is 6.06. The van der Waals surface area contributed by atoms with Crippen molar-refractivity contribution in [3.05, 3.63) is 29.8 Å². The lowest BCUT2D eigenvalue weighted by molar-refractivity contribution is 0.339. The highest BCUT2D eigenvalue weighted by Gasteiger charge is 2.17. The second kappa shape index (κ2) is 6.06. The SMILES string of the molecule is CCc1ccc(NCC2CCC(N)CC2)cc1. The smallest absolute Gasteiger partial charge is 0.0340 e. The summed E-state index contributed by atoms with van der Waals surface area (Å²) in [5.41, 5.74) is 8.57. The molecule has 94 valence electrons. The number of anilines is 1. The fraction of sp³-hybridized carbons (Fsp3) is 0.600. The summed E-state index contributed by atoms with van der Waals surface area (Å²) in [5.74, 6) is 0.806. The average Bonchev–Trinajstić information content (AvgIpc) is 2.39. The Morgan fingerprint density at radius 1 is 1.12 bits per heavy atom.